The maximum atomic E-state index is 12.6. The molecule has 2 aromatic rings. The van der Waals surface area contributed by atoms with Gasteiger partial charge >= 0.3 is 0 Å². The molecule has 0 spiro atoms. The number of rotatable bonds is 5. The van der Waals surface area contributed by atoms with Gasteiger partial charge in [-0.2, -0.15) is 5.10 Å². The Bertz CT molecular complexity index is 894. The Kier molecular flexibility index (Phi) is 4.50. The number of methoxy groups -OCH3 is 1. The van der Waals surface area contributed by atoms with Crippen LogP contribution in [-0.4, -0.2) is 48.2 Å². The fraction of sp³-hybridized carbons (Fsp3) is 0.526. The summed E-state index contributed by atoms with van der Waals surface area (Å²) in [6.07, 6.45) is 1.12. The smallest absolute Gasteiger partial charge is 0.275 e. The van der Waals surface area contributed by atoms with Gasteiger partial charge in [0.15, 0.2) is 0 Å². The standard InChI is InChI=1S/C19H23N3O4/c1-11-12-5-3-4-6-13(12)19(24)22(21-11)9-16(23)20-17-14-7-8-26-18(14)15(17)10-25-2/h3-6,14-15,17-18H,7-10H2,1-2H3,(H,20,23)/t14-,15-,17-,18-/m0/s1. The Labute approximate surface area is 151 Å². The van der Waals surface area contributed by atoms with Crippen LogP contribution < -0.4 is 10.9 Å². The third-order valence-corrected chi connectivity index (χ3v) is 5.56. The third-order valence-electron chi connectivity index (χ3n) is 5.56. The number of nitrogens with zero attached hydrogens (tertiary/aromatic N) is 2. The largest absolute Gasteiger partial charge is 0.384 e. The molecule has 138 valence electrons. The van der Waals surface area contributed by atoms with Crippen LogP contribution in [0.5, 0.6) is 0 Å². The van der Waals surface area contributed by atoms with Crippen molar-refractivity contribution in [3.05, 3.63) is 40.3 Å². The first-order valence-corrected chi connectivity index (χ1v) is 8.96. The Hall–Kier alpha value is -2.25. The summed E-state index contributed by atoms with van der Waals surface area (Å²) in [5.41, 5.74) is 0.489. The maximum absolute atomic E-state index is 12.6. The molecule has 0 bridgehead atoms. The highest BCUT2D eigenvalue weighted by Gasteiger charge is 2.54. The number of aromatic nitrogens is 2. The number of ether oxygens (including phenoxy) is 2. The maximum Gasteiger partial charge on any atom is 0.275 e. The van der Waals surface area contributed by atoms with Crippen molar-refractivity contribution >= 4 is 16.7 Å². The zero-order chi connectivity index (χ0) is 18.3. The molecule has 7 heteroatoms. The van der Waals surface area contributed by atoms with E-state index in [1.165, 1.54) is 4.68 Å². The van der Waals surface area contributed by atoms with Crippen molar-refractivity contribution in [1.29, 1.82) is 0 Å². The van der Waals surface area contributed by atoms with Crippen LogP contribution in [0.1, 0.15) is 12.1 Å². The van der Waals surface area contributed by atoms with Gasteiger partial charge in [0, 0.05) is 37.0 Å². The van der Waals surface area contributed by atoms with E-state index < -0.39 is 0 Å². The minimum Gasteiger partial charge on any atom is -0.384 e. The average Bonchev–Trinajstić information content (AvgIpc) is 3.06. The molecule has 1 N–H and O–H groups in total. The number of carbonyl (C=O) groups excluding carboxylic acids is 1. The lowest BCUT2D eigenvalue weighted by atomic mass is 9.67. The van der Waals surface area contributed by atoms with Crippen LogP contribution >= 0.6 is 0 Å². The van der Waals surface area contributed by atoms with Crippen LogP contribution in [0, 0.1) is 18.8 Å². The molecule has 26 heavy (non-hydrogen) atoms. The lowest BCUT2D eigenvalue weighted by Gasteiger charge is -2.47. The lowest BCUT2D eigenvalue weighted by molar-refractivity contribution is -0.130. The Morgan fingerprint density at radius 2 is 2.15 bits per heavy atom. The number of amides is 1. The predicted octanol–water partition coefficient (Wildman–Crippen LogP) is 0.871. The van der Waals surface area contributed by atoms with Crippen LogP contribution in [0.3, 0.4) is 0 Å². The van der Waals surface area contributed by atoms with Gasteiger partial charge in [-0.25, -0.2) is 4.68 Å². The van der Waals surface area contributed by atoms with Gasteiger partial charge in [-0.1, -0.05) is 18.2 Å². The van der Waals surface area contributed by atoms with Crippen molar-refractivity contribution in [2.45, 2.75) is 32.0 Å². The first-order chi connectivity index (χ1) is 12.6. The number of fused-ring (bicyclic) bond motifs is 2. The molecule has 0 unspecified atom stereocenters. The number of hydrogen-bond donors (Lipinski definition) is 1. The monoisotopic (exact) mass is 357 g/mol. The summed E-state index contributed by atoms with van der Waals surface area (Å²) in [6.45, 7) is 3.04. The minimum absolute atomic E-state index is 0.0344. The second-order valence-electron chi connectivity index (χ2n) is 7.09. The first kappa shape index (κ1) is 17.2. The molecular weight excluding hydrogens is 334 g/mol. The number of hydrogen-bond acceptors (Lipinski definition) is 5. The molecule has 2 heterocycles. The van der Waals surface area contributed by atoms with Crippen molar-refractivity contribution in [3.8, 4) is 0 Å². The number of carbonyl (C=O) groups is 1. The van der Waals surface area contributed by atoms with Gasteiger partial charge in [-0.05, 0) is 19.4 Å². The van der Waals surface area contributed by atoms with E-state index in [4.69, 9.17) is 9.47 Å². The van der Waals surface area contributed by atoms with Gasteiger partial charge in [0.2, 0.25) is 5.91 Å². The van der Waals surface area contributed by atoms with Crippen molar-refractivity contribution in [1.82, 2.24) is 15.1 Å². The molecule has 1 aromatic carbocycles. The van der Waals surface area contributed by atoms with Gasteiger partial charge < -0.3 is 14.8 Å². The Morgan fingerprint density at radius 1 is 1.38 bits per heavy atom. The van der Waals surface area contributed by atoms with Crippen molar-refractivity contribution in [3.63, 3.8) is 0 Å². The van der Waals surface area contributed by atoms with Crippen LogP contribution in [0.25, 0.3) is 10.8 Å². The summed E-state index contributed by atoms with van der Waals surface area (Å²) in [4.78, 5) is 25.2. The van der Waals surface area contributed by atoms with Crippen LogP contribution in [-0.2, 0) is 20.8 Å². The van der Waals surface area contributed by atoms with Crippen LogP contribution in [0.15, 0.2) is 29.1 Å². The van der Waals surface area contributed by atoms with E-state index in [9.17, 15) is 9.59 Å². The van der Waals surface area contributed by atoms with Gasteiger partial charge in [-0.15, -0.1) is 0 Å². The summed E-state index contributed by atoms with van der Waals surface area (Å²) in [5, 5.41) is 8.78. The van der Waals surface area contributed by atoms with Crippen LogP contribution in [0.2, 0.25) is 0 Å². The minimum atomic E-state index is -0.245. The molecule has 4 atom stereocenters. The summed E-state index contributed by atoms with van der Waals surface area (Å²) in [6, 6.07) is 7.36. The molecule has 1 aromatic heterocycles. The molecule has 2 aliphatic rings. The summed E-state index contributed by atoms with van der Waals surface area (Å²) >= 11 is 0. The van der Waals surface area contributed by atoms with Gasteiger partial charge in [0.1, 0.15) is 6.54 Å². The number of benzene rings is 1. The van der Waals surface area contributed by atoms with E-state index in [0.29, 0.717) is 17.9 Å². The zero-order valence-corrected chi connectivity index (χ0v) is 15.0. The Balaban J connectivity index is 1.51. The molecule has 0 radical (unpaired) electrons. The normalized spacial score (nSPS) is 27.2. The molecule has 7 nitrogen and oxygen atoms in total. The summed E-state index contributed by atoms with van der Waals surface area (Å²) < 4.78 is 12.2. The van der Waals surface area contributed by atoms with Crippen molar-refractivity contribution in [2.75, 3.05) is 20.3 Å². The number of nitrogens with one attached hydrogen (secondary N) is 1. The molecule has 2 fully saturated rings. The van der Waals surface area contributed by atoms with Gasteiger partial charge in [-0.3, -0.25) is 9.59 Å². The van der Waals surface area contributed by atoms with E-state index in [1.54, 1.807) is 13.2 Å². The second kappa shape index (κ2) is 6.81. The molecule has 1 amide bonds. The van der Waals surface area contributed by atoms with Crippen molar-refractivity contribution < 1.29 is 14.3 Å². The van der Waals surface area contributed by atoms with E-state index in [0.717, 1.165) is 24.1 Å². The molecule has 4 rings (SSSR count). The first-order valence-electron chi connectivity index (χ1n) is 8.96. The average molecular weight is 357 g/mol. The van der Waals surface area contributed by atoms with Crippen molar-refractivity contribution in [2.24, 2.45) is 11.8 Å². The highest BCUT2D eigenvalue weighted by Crippen LogP contribution is 2.43. The van der Waals surface area contributed by atoms with Gasteiger partial charge in [0.25, 0.3) is 5.56 Å². The summed E-state index contributed by atoms with van der Waals surface area (Å²) in [5.74, 6) is 0.298. The Morgan fingerprint density at radius 3 is 2.92 bits per heavy atom. The molecule has 1 aliphatic heterocycles. The molecule has 1 saturated heterocycles. The fourth-order valence-corrected chi connectivity index (χ4v) is 4.31. The van der Waals surface area contributed by atoms with Crippen LogP contribution in [0.4, 0.5) is 0 Å². The van der Waals surface area contributed by atoms with E-state index in [1.807, 2.05) is 25.1 Å². The molecule has 1 aliphatic carbocycles. The molecule has 1 saturated carbocycles. The highest BCUT2D eigenvalue weighted by atomic mass is 16.5. The summed E-state index contributed by atoms with van der Waals surface area (Å²) in [7, 11) is 1.66. The topological polar surface area (TPSA) is 82.5 Å². The SMILES string of the molecule is COC[C@H]1[C@@H](NC(=O)Cn2nc(C)c3ccccc3c2=O)[C@@H]2CCO[C@@H]21. The van der Waals surface area contributed by atoms with Gasteiger partial charge in [0.05, 0.1) is 23.8 Å². The quantitative estimate of drug-likeness (QED) is 0.859. The van der Waals surface area contributed by atoms with E-state index in [2.05, 4.69) is 10.4 Å². The molecular formula is C19H23N3O4. The highest BCUT2D eigenvalue weighted by molar-refractivity contribution is 5.83. The third kappa shape index (κ3) is 2.81. The number of aryl methyl sites for hydroxylation is 1. The van der Waals surface area contributed by atoms with E-state index >= 15 is 0 Å². The fourth-order valence-electron chi connectivity index (χ4n) is 4.31. The predicted molar refractivity (Wildman–Crippen MR) is 95.9 cm³/mol. The zero-order valence-electron chi connectivity index (χ0n) is 15.0. The second-order valence-corrected chi connectivity index (χ2v) is 7.09. The lowest BCUT2D eigenvalue weighted by Crippen LogP contribution is -2.63. The van der Waals surface area contributed by atoms with E-state index in [-0.39, 0.29) is 36.1 Å².